The average Bonchev–Trinajstić information content (AvgIpc) is 2.36. The van der Waals surface area contributed by atoms with Crippen molar-refractivity contribution in [2.75, 3.05) is 10.6 Å². The van der Waals surface area contributed by atoms with Crippen molar-refractivity contribution in [3.63, 3.8) is 0 Å². The number of hydrogen-bond acceptors (Lipinski definition) is 2. The minimum Gasteiger partial charge on any atom is -0.382 e. The number of anilines is 2. The molecule has 0 heterocycles. The van der Waals surface area contributed by atoms with Crippen LogP contribution in [0.15, 0.2) is 24.3 Å². The van der Waals surface area contributed by atoms with Crippen LogP contribution in [0.25, 0.3) is 0 Å². The van der Waals surface area contributed by atoms with Crippen LogP contribution in [0, 0.1) is 11.3 Å². The number of amides is 1. The van der Waals surface area contributed by atoms with Crippen molar-refractivity contribution in [3.05, 3.63) is 24.3 Å². The maximum atomic E-state index is 11.5. The third kappa shape index (κ3) is 4.76. The summed E-state index contributed by atoms with van der Waals surface area (Å²) in [5.74, 6) is 0.814. The van der Waals surface area contributed by atoms with Gasteiger partial charge >= 0.3 is 0 Å². The average molecular weight is 288 g/mol. The van der Waals surface area contributed by atoms with Crippen molar-refractivity contribution in [1.82, 2.24) is 0 Å². The van der Waals surface area contributed by atoms with Gasteiger partial charge in [-0.15, -0.1) is 0 Å². The van der Waals surface area contributed by atoms with Crippen LogP contribution in [0.3, 0.4) is 0 Å². The van der Waals surface area contributed by atoms with Crippen LogP contribution in [-0.2, 0) is 4.79 Å². The maximum absolute atomic E-state index is 11.5. The van der Waals surface area contributed by atoms with Crippen molar-refractivity contribution in [2.24, 2.45) is 11.3 Å². The first-order valence-electron chi connectivity index (χ1n) is 8.04. The highest BCUT2D eigenvalue weighted by molar-refractivity contribution is 5.90. The molecule has 0 radical (unpaired) electrons. The van der Waals surface area contributed by atoms with E-state index in [2.05, 4.69) is 37.5 Å². The monoisotopic (exact) mass is 288 g/mol. The summed E-state index contributed by atoms with van der Waals surface area (Å²) in [5, 5.41) is 6.56. The second-order valence-corrected chi connectivity index (χ2v) is 7.24. The van der Waals surface area contributed by atoms with Crippen molar-refractivity contribution in [3.8, 4) is 0 Å². The zero-order valence-electron chi connectivity index (χ0n) is 13.7. The predicted octanol–water partition coefficient (Wildman–Crippen LogP) is 4.66. The number of carbonyl (C=O) groups excluding carboxylic acids is 1. The molecule has 2 N–H and O–H groups in total. The van der Waals surface area contributed by atoms with Gasteiger partial charge in [0.15, 0.2) is 0 Å². The van der Waals surface area contributed by atoms with Crippen LogP contribution < -0.4 is 10.6 Å². The van der Waals surface area contributed by atoms with E-state index in [9.17, 15) is 4.79 Å². The number of carbonyl (C=O) groups is 1. The van der Waals surface area contributed by atoms with Crippen molar-refractivity contribution in [2.45, 2.75) is 59.4 Å². The first-order valence-corrected chi connectivity index (χ1v) is 8.04. The molecule has 2 unspecified atom stereocenters. The summed E-state index contributed by atoms with van der Waals surface area (Å²) in [7, 11) is 0. The molecule has 3 nitrogen and oxygen atoms in total. The molecule has 1 aromatic rings. The highest BCUT2D eigenvalue weighted by Crippen LogP contribution is 2.39. The lowest BCUT2D eigenvalue weighted by molar-refractivity contribution is -0.115. The fourth-order valence-electron chi connectivity index (χ4n) is 3.63. The Balaban J connectivity index is 2.02. The zero-order chi connectivity index (χ0) is 15.5. The van der Waals surface area contributed by atoms with Crippen LogP contribution in [0.4, 0.5) is 11.4 Å². The van der Waals surface area contributed by atoms with E-state index in [-0.39, 0.29) is 5.91 Å². The lowest BCUT2D eigenvalue weighted by atomic mass is 9.70. The van der Waals surface area contributed by atoms with Crippen LogP contribution >= 0.6 is 0 Å². The molecule has 1 aliphatic carbocycles. The zero-order valence-corrected chi connectivity index (χ0v) is 13.7. The van der Waals surface area contributed by atoms with E-state index in [1.54, 1.807) is 0 Å². The maximum Gasteiger partial charge on any atom is 0.224 e. The van der Waals surface area contributed by atoms with Gasteiger partial charge < -0.3 is 10.6 Å². The van der Waals surface area contributed by atoms with E-state index < -0.39 is 0 Å². The molecule has 1 saturated carbocycles. The second-order valence-electron chi connectivity index (χ2n) is 7.24. The molecule has 0 aromatic heterocycles. The topological polar surface area (TPSA) is 41.1 Å². The van der Waals surface area contributed by atoms with Gasteiger partial charge in [0.2, 0.25) is 5.91 Å². The van der Waals surface area contributed by atoms with Gasteiger partial charge in [-0.1, -0.05) is 33.8 Å². The van der Waals surface area contributed by atoms with Gasteiger partial charge in [0.05, 0.1) is 0 Å². The van der Waals surface area contributed by atoms with Gasteiger partial charge in [-0.05, 0) is 48.8 Å². The smallest absolute Gasteiger partial charge is 0.224 e. The van der Waals surface area contributed by atoms with E-state index in [1.807, 2.05) is 25.1 Å². The highest BCUT2D eigenvalue weighted by Gasteiger charge is 2.31. The predicted molar refractivity (Wildman–Crippen MR) is 89.6 cm³/mol. The van der Waals surface area contributed by atoms with E-state index in [4.69, 9.17) is 0 Å². The standard InChI is InChI=1S/C18H28N2O/c1-5-17(21)20-15-8-6-7-14(10-15)19-16-9-13(2)11-18(3,4)12-16/h6-8,10,13,16,19H,5,9,11-12H2,1-4H3,(H,20,21). The Morgan fingerprint density at radius 3 is 2.67 bits per heavy atom. The molecule has 1 amide bonds. The first kappa shape index (κ1) is 15.9. The molecule has 0 saturated heterocycles. The summed E-state index contributed by atoms with van der Waals surface area (Å²) in [6, 6.07) is 8.55. The SMILES string of the molecule is CCC(=O)Nc1cccc(NC2CC(C)CC(C)(C)C2)c1. The number of benzene rings is 1. The summed E-state index contributed by atoms with van der Waals surface area (Å²) in [5.41, 5.74) is 2.37. The number of nitrogens with one attached hydrogen (secondary N) is 2. The lowest BCUT2D eigenvalue weighted by Gasteiger charge is -2.39. The fraction of sp³-hybridized carbons (Fsp3) is 0.611. The summed E-state index contributed by atoms with van der Waals surface area (Å²) >= 11 is 0. The van der Waals surface area contributed by atoms with Gasteiger partial charge in [-0.3, -0.25) is 4.79 Å². The molecule has 0 spiro atoms. The van der Waals surface area contributed by atoms with Crippen LogP contribution in [0.1, 0.15) is 53.4 Å². The first-order chi connectivity index (χ1) is 9.88. The second kappa shape index (κ2) is 6.50. The third-order valence-electron chi connectivity index (χ3n) is 4.23. The molecule has 0 bridgehead atoms. The Bertz CT molecular complexity index is 496. The minimum absolute atomic E-state index is 0.0552. The van der Waals surface area contributed by atoms with Crippen LogP contribution in [0.2, 0.25) is 0 Å². The van der Waals surface area contributed by atoms with E-state index >= 15 is 0 Å². The molecular formula is C18H28N2O. The largest absolute Gasteiger partial charge is 0.382 e. The fourth-order valence-corrected chi connectivity index (χ4v) is 3.63. The molecule has 21 heavy (non-hydrogen) atoms. The van der Waals surface area contributed by atoms with Gasteiger partial charge in [-0.25, -0.2) is 0 Å². The third-order valence-corrected chi connectivity index (χ3v) is 4.23. The van der Waals surface area contributed by atoms with Crippen molar-refractivity contribution >= 4 is 17.3 Å². The Kier molecular flexibility index (Phi) is 4.92. The van der Waals surface area contributed by atoms with E-state index in [1.165, 1.54) is 19.3 Å². The van der Waals surface area contributed by atoms with Crippen LogP contribution in [0.5, 0.6) is 0 Å². The molecule has 0 aliphatic heterocycles. The summed E-state index contributed by atoms with van der Waals surface area (Å²) in [6.07, 6.45) is 4.22. The van der Waals surface area contributed by atoms with Crippen LogP contribution in [-0.4, -0.2) is 11.9 Å². The number of rotatable bonds is 4. The molecule has 1 aromatic carbocycles. The summed E-state index contributed by atoms with van der Waals surface area (Å²) in [6.45, 7) is 8.92. The molecule has 1 aliphatic rings. The Hall–Kier alpha value is -1.51. The van der Waals surface area contributed by atoms with Gasteiger partial charge in [0.25, 0.3) is 0 Å². The van der Waals surface area contributed by atoms with Gasteiger partial charge in [0.1, 0.15) is 0 Å². The van der Waals surface area contributed by atoms with E-state index in [0.717, 1.165) is 17.3 Å². The lowest BCUT2D eigenvalue weighted by Crippen LogP contribution is -2.35. The van der Waals surface area contributed by atoms with Crippen molar-refractivity contribution < 1.29 is 4.79 Å². The molecule has 2 rings (SSSR count). The quantitative estimate of drug-likeness (QED) is 0.846. The highest BCUT2D eigenvalue weighted by atomic mass is 16.1. The summed E-state index contributed by atoms with van der Waals surface area (Å²) in [4.78, 5) is 11.5. The number of hydrogen-bond donors (Lipinski definition) is 2. The van der Waals surface area contributed by atoms with E-state index in [0.29, 0.717) is 17.9 Å². The Morgan fingerprint density at radius 1 is 1.29 bits per heavy atom. The molecule has 2 atom stereocenters. The minimum atomic E-state index is 0.0552. The van der Waals surface area contributed by atoms with Gasteiger partial charge in [-0.2, -0.15) is 0 Å². The normalized spacial score (nSPS) is 24.4. The summed E-state index contributed by atoms with van der Waals surface area (Å²) < 4.78 is 0. The Morgan fingerprint density at radius 2 is 2.00 bits per heavy atom. The van der Waals surface area contributed by atoms with Crippen molar-refractivity contribution in [1.29, 1.82) is 0 Å². The van der Waals surface area contributed by atoms with Gasteiger partial charge in [0, 0.05) is 23.8 Å². The molecule has 1 fully saturated rings. The molecular weight excluding hydrogens is 260 g/mol. The Labute approximate surface area is 128 Å². The molecule has 116 valence electrons. The molecule has 3 heteroatoms.